The predicted molar refractivity (Wildman–Crippen MR) is 86.5 cm³/mol. The van der Waals surface area contributed by atoms with Crippen molar-refractivity contribution in [1.29, 1.82) is 0 Å². The number of aromatic nitrogens is 2. The van der Waals surface area contributed by atoms with Crippen LogP contribution < -0.4 is 5.32 Å². The summed E-state index contributed by atoms with van der Waals surface area (Å²) in [6, 6.07) is 0. The molecule has 24 heavy (non-hydrogen) atoms. The van der Waals surface area contributed by atoms with E-state index in [-0.39, 0.29) is 12.3 Å². The quantitative estimate of drug-likeness (QED) is 0.703. The van der Waals surface area contributed by atoms with Gasteiger partial charge in [0.25, 0.3) is 5.91 Å². The number of nitrogens with one attached hydrogen (secondary N) is 1. The van der Waals surface area contributed by atoms with E-state index < -0.39 is 17.6 Å². The van der Waals surface area contributed by atoms with E-state index >= 15 is 0 Å². The number of rotatable bonds is 5. The molecule has 3 rings (SSSR count). The van der Waals surface area contributed by atoms with Crippen LogP contribution >= 0.6 is 11.3 Å². The standard InChI is InChI=1S/C15H20N4O4S/c1-10-18-11(7-24-10)5-19-3-2-15(22,13(20)6-19)8-17-14(21)12-4-16-9-23-12/h4,7,9,13,20,22H,2-3,5-6,8H2,1H3,(H,17,21)/t13-,15-/m1/s1. The second kappa shape index (κ2) is 6.98. The van der Waals surface area contributed by atoms with E-state index in [1.165, 1.54) is 6.20 Å². The fourth-order valence-electron chi connectivity index (χ4n) is 2.73. The lowest BCUT2D eigenvalue weighted by Crippen LogP contribution is -2.60. The number of β-amino-alcohol motifs (C(OH)–C–C–N with tert-alkyl or cyclic N) is 1. The molecule has 0 spiro atoms. The van der Waals surface area contributed by atoms with E-state index in [4.69, 9.17) is 4.42 Å². The van der Waals surface area contributed by atoms with Crippen LogP contribution in [0, 0.1) is 6.92 Å². The van der Waals surface area contributed by atoms with Crippen LogP contribution in [0.15, 0.2) is 22.4 Å². The van der Waals surface area contributed by atoms with Crippen LogP contribution in [0.4, 0.5) is 0 Å². The molecule has 0 saturated carbocycles. The predicted octanol–water partition coefficient (Wildman–Crippen LogP) is 0.167. The average molecular weight is 352 g/mol. The van der Waals surface area contributed by atoms with Gasteiger partial charge in [-0.25, -0.2) is 9.97 Å². The molecule has 8 nitrogen and oxygen atoms in total. The summed E-state index contributed by atoms with van der Waals surface area (Å²) < 4.78 is 4.90. The van der Waals surface area contributed by atoms with E-state index in [9.17, 15) is 15.0 Å². The largest absolute Gasteiger partial charge is 0.438 e. The summed E-state index contributed by atoms with van der Waals surface area (Å²) in [6.07, 6.45) is 1.86. The zero-order valence-corrected chi connectivity index (χ0v) is 14.1. The van der Waals surface area contributed by atoms with Crippen molar-refractivity contribution < 1.29 is 19.4 Å². The maximum absolute atomic E-state index is 11.9. The zero-order chi connectivity index (χ0) is 17.2. The molecule has 1 aliphatic rings. The summed E-state index contributed by atoms with van der Waals surface area (Å²) in [7, 11) is 0. The Hall–Kier alpha value is -1.81. The van der Waals surface area contributed by atoms with Crippen LogP contribution in [-0.2, 0) is 6.54 Å². The lowest BCUT2D eigenvalue weighted by molar-refractivity contribution is -0.117. The zero-order valence-electron chi connectivity index (χ0n) is 13.3. The molecule has 2 atom stereocenters. The number of carbonyl (C=O) groups excluding carboxylic acids is 1. The van der Waals surface area contributed by atoms with Crippen LogP contribution in [0.1, 0.15) is 27.7 Å². The molecule has 1 aliphatic heterocycles. The third-order valence-electron chi connectivity index (χ3n) is 4.18. The van der Waals surface area contributed by atoms with Gasteiger partial charge in [0, 0.05) is 31.6 Å². The minimum absolute atomic E-state index is 0.0443. The molecule has 1 amide bonds. The molecule has 130 valence electrons. The van der Waals surface area contributed by atoms with Gasteiger partial charge >= 0.3 is 0 Å². The molecule has 3 heterocycles. The molecule has 0 radical (unpaired) electrons. The smallest absolute Gasteiger partial charge is 0.288 e. The summed E-state index contributed by atoms with van der Waals surface area (Å²) in [6.45, 7) is 3.49. The Morgan fingerprint density at radius 3 is 3.08 bits per heavy atom. The van der Waals surface area contributed by atoms with Crippen molar-refractivity contribution in [2.24, 2.45) is 0 Å². The number of thiazole rings is 1. The second-order valence-corrected chi connectivity index (χ2v) is 7.07. The second-order valence-electron chi connectivity index (χ2n) is 6.01. The molecule has 0 bridgehead atoms. The van der Waals surface area contributed by atoms with E-state index in [2.05, 4.69) is 15.3 Å². The number of aryl methyl sites for hydroxylation is 1. The third-order valence-corrected chi connectivity index (χ3v) is 5.00. The number of carbonyl (C=O) groups is 1. The average Bonchev–Trinajstić information content (AvgIpc) is 3.21. The minimum Gasteiger partial charge on any atom is -0.438 e. The van der Waals surface area contributed by atoms with Crippen molar-refractivity contribution in [3.63, 3.8) is 0 Å². The number of amides is 1. The van der Waals surface area contributed by atoms with Gasteiger partial charge in [0.05, 0.1) is 23.0 Å². The highest BCUT2D eigenvalue weighted by molar-refractivity contribution is 7.09. The van der Waals surface area contributed by atoms with Gasteiger partial charge in [-0.15, -0.1) is 11.3 Å². The molecule has 1 saturated heterocycles. The Balaban J connectivity index is 1.53. The van der Waals surface area contributed by atoms with Crippen LogP contribution in [0.3, 0.4) is 0 Å². The topological polar surface area (TPSA) is 112 Å². The molecule has 9 heteroatoms. The molecule has 2 aromatic heterocycles. The van der Waals surface area contributed by atoms with Gasteiger partial charge in [0.2, 0.25) is 5.76 Å². The van der Waals surface area contributed by atoms with Gasteiger partial charge in [0.1, 0.15) is 5.60 Å². The van der Waals surface area contributed by atoms with Crippen LogP contribution in [0.25, 0.3) is 0 Å². The third kappa shape index (κ3) is 3.81. The van der Waals surface area contributed by atoms with Gasteiger partial charge in [-0.2, -0.15) is 0 Å². The molecule has 3 N–H and O–H groups in total. The van der Waals surface area contributed by atoms with Crippen LogP contribution in [0.5, 0.6) is 0 Å². The molecule has 2 aromatic rings. The SMILES string of the molecule is Cc1nc(CN2CC[C@@](O)(CNC(=O)c3cnco3)[C@H](O)C2)cs1. The fourth-order valence-corrected chi connectivity index (χ4v) is 3.34. The number of hydrogen-bond donors (Lipinski definition) is 3. The highest BCUT2D eigenvalue weighted by atomic mass is 32.1. The Kier molecular flexibility index (Phi) is 4.95. The van der Waals surface area contributed by atoms with Crippen molar-refractivity contribution in [2.45, 2.75) is 31.6 Å². The minimum atomic E-state index is -1.36. The van der Waals surface area contributed by atoms with Gasteiger partial charge in [-0.1, -0.05) is 0 Å². The molecular formula is C15H20N4O4S. The van der Waals surface area contributed by atoms with E-state index in [0.29, 0.717) is 26.1 Å². The van der Waals surface area contributed by atoms with Crippen molar-refractivity contribution in [2.75, 3.05) is 19.6 Å². The molecular weight excluding hydrogens is 332 g/mol. The van der Waals surface area contributed by atoms with E-state index in [1.54, 1.807) is 11.3 Å². The summed E-state index contributed by atoms with van der Waals surface area (Å²) in [5.41, 5.74) is -0.391. The molecule has 0 aromatic carbocycles. The lowest BCUT2D eigenvalue weighted by Gasteiger charge is -2.41. The number of aliphatic hydroxyl groups excluding tert-OH is 1. The molecule has 0 unspecified atom stereocenters. The Morgan fingerprint density at radius 2 is 2.46 bits per heavy atom. The maximum Gasteiger partial charge on any atom is 0.288 e. The summed E-state index contributed by atoms with van der Waals surface area (Å²) >= 11 is 1.59. The van der Waals surface area contributed by atoms with E-state index in [0.717, 1.165) is 17.1 Å². The van der Waals surface area contributed by atoms with Gasteiger partial charge in [0.15, 0.2) is 6.39 Å². The fraction of sp³-hybridized carbons (Fsp3) is 0.533. The number of oxazole rings is 1. The Bertz CT molecular complexity index is 689. The van der Waals surface area contributed by atoms with E-state index in [1.807, 2.05) is 17.2 Å². The first-order valence-corrected chi connectivity index (χ1v) is 8.55. The lowest BCUT2D eigenvalue weighted by atomic mass is 9.88. The summed E-state index contributed by atoms with van der Waals surface area (Å²) in [5, 5.41) is 26.5. The maximum atomic E-state index is 11.9. The molecule has 1 fully saturated rings. The highest BCUT2D eigenvalue weighted by Gasteiger charge is 2.41. The highest BCUT2D eigenvalue weighted by Crippen LogP contribution is 2.24. The number of piperidine rings is 1. The van der Waals surface area contributed by atoms with Crippen molar-refractivity contribution in [3.05, 3.63) is 34.4 Å². The molecule has 0 aliphatic carbocycles. The van der Waals surface area contributed by atoms with Gasteiger partial charge in [-0.05, 0) is 13.3 Å². The van der Waals surface area contributed by atoms with Gasteiger partial charge < -0.3 is 19.9 Å². The number of aliphatic hydroxyl groups is 2. The Labute approximate surface area is 143 Å². The van der Waals surface area contributed by atoms with Crippen molar-refractivity contribution in [1.82, 2.24) is 20.2 Å². The normalized spacial score (nSPS) is 24.9. The number of nitrogens with zero attached hydrogens (tertiary/aromatic N) is 3. The van der Waals surface area contributed by atoms with Crippen molar-refractivity contribution >= 4 is 17.2 Å². The number of hydrogen-bond acceptors (Lipinski definition) is 8. The van der Waals surface area contributed by atoms with Crippen LogP contribution in [-0.4, -0.2) is 62.3 Å². The Morgan fingerprint density at radius 1 is 1.62 bits per heavy atom. The first-order valence-electron chi connectivity index (χ1n) is 7.67. The van der Waals surface area contributed by atoms with Crippen LogP contribution in [0.2, 0.25) is 0 Å². The summed E-state index contributed by atoms with van der Waals surface area (Å²) in [5.74, 6) is -0.391. The summed E-state index contributed by atoms with van der Waals surface area (Å²) in [4.78, 5) is 22.0. The first-order chi connectivity index (χ1) is 11.5. The number of likely N-dealkylation sites (tertiary alicyclic amines) is 1. The monoisotopic (exact) mass is 352 g/mol. The van der Waals surface area contributed by atoms with Gasteiger partial charge in [-0.3, -0.25) is 9.69 Å². The van der Waals surface area contributed by atoms with Crippen molar-refractivity contribution in [3.8, 4) is 0 Å². The first kappa shape index (κ1) is 17.0.